The fourth-order valence-electron chi connectivity index (χ4n) is 3.23. The molecule has 0 aliphatic carbocycles. The van der Waals surface area contributed by atoms with E-state index in [9.17, 15) is 18.0 Å². The van der Waals surface area contributed by atoms with Crippen LogP contribution >= 0.6 is 0 Å². The van der Waals surface area contributed by atoms with Gasteiger partial charge in [-0.05, 0) is 44.4 Å². The molecule has 1 aromatic carbocycles. The second-order valence-corrected chi connectivity index (χ2v) is 6.40. The summed E-state index contributed by atoms with van der Waals surface area (Å²) in [5.41, 5.74) is -0.152. The molecule has 0 aromatic heterocycles. The Labute approximate surface area is 151 Å². The minimum Gasteiger partial charge on any atom is -0.396 e. The Morgan fingerprint density at radius 1 is 1.31 bits per heavy atom. The second kappa shape index (κ2) is 9.12. The number of anilines is 1. The van der Waals surface area contributed by atoms with E-state index in [2.05, 4.69) is 5.32 Å². The number of nitrogens with zero attached hydrogens (tertiary/aromatic N) is 2. The van der Waals surface area contributed by atoms with Gasteiger partial charge in [0.25, 0.3) is 0 Å². The van der Waals surface area contributed by atoms with Crippen LogP contribution in [0.25, 0.3) is 0 Å². The molecule has 1 heterocycles. The molecule has 0 spiro atoms. The van der Waals surface area contributed by atoms with E-state index < -0.39 is 11.7 Å². The SMILES string of the molecule is CCNC(=O)N1CCN(c2cccc(C(F)(F)F)c2)CC1CCCCO. The summed E-state index contributed by atoms with van der Waals surface area (Å²) in [5.74, 6) is 0. The first-order valence-corrected chi connectivity index (χ1v) is 8.94. The van der Waals surface area contributed by atoms with E-state index in [0.717, 1.165) is 18.6 Å². The summed E-state index contributed by atoms with van der Waals surface area (Å²) in [7, 11) is 0. The fourth-order valence-corrected chi connectivity index (χ4v) is 3.23. The second-order valence-electron chi connectivity index (χ2n) is 6.40. The molecule has 1 aliphatic rings. The molecule has 1 aliphatic heterocycles. The van der Waals surface area contributed by atoms with Crippen molar-refractivity contribution in [1.82, 2.24) is 10.2 Å². The van der Waals surface area contributed by atoms with Crippen molar-refractivity contribution in [3.05, 3.63) is 29.8 Å². The lowest BCUT2D eigenvalue weighted by Gasteiger charge is -2.42. The zero-order valence-corrected chi connectivity index (χ0v) is 14.9. The first kappa shape index (κ1) is 20.4. The highest BCUT2D eigenvalue weighted by atomic mass is 19.4. The van der Waals surface area contributed by atoms with Gasteiger partial charge >= 0.3 is 12.2 Å². The van der Waals surface area contributed by atoms with Crippen molar-refractivity contribution >= 4 is 11.7 Å². The van der Waals surface area contributed by atoms with Gasteiger partial charge in [0.2, 0.25) is 0 Å². The Kier molecular flexibility index (Phi) is 7.14. The van der Waals surface area contributed by atoms with Crippen LogP contribution in [0, 0.1) is 0 Å². The zero-order chi connectivity index (χ0) is 19.2. The molecule has 1 aromatic rings. The molecule has 8 heteroatoms. The maximum atomic E-state index is 13.0. The Hall–Kier alpha value is -1.96. The third-order valence-electron chi connectivity index (χ3n) is 4.56. The van der Waals surface area contributed by atoms with E-state index >= 15 is 0 Å². The number of benzene rings is 1. The molecule has 0 saturated carbocycles. The van der Waals surface area contributed by atoms with Gasteiger partial charge < -0.3 is 20.2 Å². The molecular weight excluding hydrogens is 347 g/mol. The van der Waals surface area contributed by atoms with Crippen LogP contribution in [0.5, 0.6) is 0 Å². The minimum atomic E-state index is -4.38. The zero-order valence-electron chi connectivity index (χ0n) is 14.9. The molecule has 1 fully saturated rings. The van der Waals surface area contributed by atoms with Gasteiger partial charge in [0.05, 0.1) is 11.6 Å². The quantitative estimate of drug-likeness (QED) is 0.754. The van der Waals surface area contributed by atoms with Gasteiger partial charge in [-0.25, -0.2) is 4.79 Å². The van der Waals surface area contributed by atoms with Crippen LogP contribution < -0.4 is 10.2 Å². The maximum Gasteiger partial charge on any atom is 0.416 e. The van der Waals surface area contributed by atoms with Crippen molar-refractivity contribution in [2.75, 3.05) is 37.7 Å². The number of amides is 2. The van der Waals surface area contributed by atoms with E-state index in [-0.39, 0.29) is 18.7 Å². The number of hydrogen-bond donors (Lipinski definition) is 2. The average molecular weight is 373 g/mol. The molecule has 1 unspecified atom stereocenters. The summed E-state index contributed by atoms with van der Waals surface area (Å²) < 4.78 is 38.9. The van der Waals surface area contributed by atoms with E-state index in [1.807, 2.05) is 11.8 Å². The van der Waals surface area contributed by atoms with Crippen LogP contribution in [0.4, 0.5) is 23.7 Å². The number of rotatable bonds is 6. The topological polar surface area (TPSA) is 55.8 Å². The van der Waals surface area contributed by atoms with Crippen molar-refractivity contribution in [3.63, 3.8) is 0 Å². The molecule has 5 nitrogen and oxygen atoms in total. The van der Waals surface area contributed by atoms with E-state index in [1.54, 1.807) is 11.0 Å². The maximum absolute atomic E-state index is 13.0. The lowest BCUT2D eigenvalue weighted by atomic mass is 10.0. The molecule has 2 amide bonds. The molecular formula is C18H26F3N3O2. The number of unbranched alkanes of at least 4 members (excludes halogenated alkanes) is 1. The number of aliphatic hydroxyl groups excluding tert-OH is 1. The molecule has 2 N–H and O–H groups in total. The van der Waals surface area contributed by atoms with Crippen molar-refractivity contribution in [3.8, 4) is 0 Å². The number of hydrogen-bond acceptors (Lipinski definition) is 3. The number of aliphatic hydroxyl groups is 1. The lowest BCUT2D eigenvalue weighted by Crippen LogP contribution is -2.57. The Morgan fingerprint density at radius 3 is 2.73 bits per heavy atom. The number of halogens is 3. The third-order valence-corrected chi connectivity index (χ3v) is 4.56. The van der Waals surface area contributed by atoms with Gasteiger partial charge in [-0.1, -0.05) is 6.07 Å². The number of piperazine rings is 1. The Bertz CT molecular complexity index is 595. The summed E-state index contributed by atoms with van der Waals surface area (Å²) in [4.78, 5) is 15.9. The highest BCUT2D eigenvalue weighted by Gasteiger charge is 2.33. The normalized spacial score (nSPS) is 18.1. The van der Waals surface area contributed by atoms with Gasteiger partial charge in [-0.3, -0.25) is 0 Å². The minimum absolute atomic E-state index is 0.0885. The first-order valence-electron chi connectivity index (χ1n) is 8.94. The van der Waals surface area contributed by atoms with Crippen LogP contribution in [-0.2, 0) is 6.18 Å². The number of alkyl halides is 3. The van der Waals surface area contributed by atoms with E-state index in [1.165, 1.54) is 6.07 Å². The molecule has 146 valence electrons. The molecule has 26 heavy (non-hydrogen) atoms. The standard InChI is InChI=1S/C18H26F3N3O2/c1-2-22-17(26)24-10-9-23(13-16(24)7-3-4-11-25)15-8-5-6-14(12-15)18(19,20)21/h5-6,8,12,16,25H,2-4,7,9-11,13H2,1H3,(H,22,26). The van der Waals surface area contributed by atoms with Gasteiger partial charge in [-0.15, -0.1) is 0 Å². The molecule has 0 bridgehead atoms. The van der Waals surface area contributed by atoms with Gasteiger partial charge in [0.1, 0.15) is 0 Å². The average Bonchev–Trinajstić information content (AvgIpc) is 2.61. The van der Waals surface area contributed by atoms with Gasteiger partial charge in [-0.2, -0.15) is 13.2 Å². The Balaban J connectivity index is 2.14. The highest BCUT2D eigenvalue weighted by molar-refractivity contribution is 5.75. The molecule has 1 saturated heterocycles. The van der Waals surface area contributed by atoms with Crippen LogP contribution in [0.3, 0.4) is 0 Å². The van der Waals surface area contributed by atoms with Crippen molar-refractivity contribution in [2.45, 2.75) is 38.4 Å². The summed E-state index contributed by atoms with van der Waals surface area (Å²) in [6.07, 6.45) is -2.27. The smallest absolute Gasteiger partial charge is 0.396 e. The predicted molar refractivity (Wildman–Crippen MR) is 94.2 cm³/mol. The van der Waals surface area contributed by atoms with E-state index in [4.69, 9.17) is 5.11 Å². The van der Waals surface area contributed by atoms with Gasteiger partial charge in [0, 0.05) is 38.5 Å². The first-order chi connectivity index (χ1) is 12.4. The molecule has 0 radical (unpaired) electrons. The summed E-state index contributed by atoms with van der Waals surface area (Å²) >= 11 is 0. The molecule has 1 atom stereocenters. The largest absolute Gasteiger partial charge is 0.416 e. The number of carbonyl (C=O) groups excluding carboxylic acids is 1. The van der Waals surface area contributed by atoms with Crippen molar-refractivity contribution in [1.29, 1.82) is 0 Å². The number of nitrogens with one attached hydrogen (secondary N) is 1. The lowest BCUT2D eigenvalue weighted by molar-refractivity contribution is -0.137. The summed E-state index contributed by atoms with van der Waals surface area (Å²) in [6.45, 7) is 3.86. The fraction of sp³-hybridized carbons (Fsp3) is 0.611. The van der Waals surface area contributed by atoms with Crippen LogP contribution in [-0.4, -0.2) is 54.9 Å². The van der Waals surface area contributed by atoms with E-state index in [0.29, 0.717) is 44.7 Å². The van der Waals surface area contributed by atoms with Crippen molar-refractivity contribution in [2.24, 2.45) is 0 Å². The number of carbonyl (C=O) groups is 1. The van der Waals surface area contributed by atoms with Gasteiger partial charge in [0.15, 0.2) is 0 Å². The van der Waals surface area contributed by atoms with Crippen LogP contribution in [0.2, 0.25) is 0 Å². The highest BCUT2D eigenvalue weighted by Crippen LogP contribution is 2.32. The summed E-state index contributed by atoms with van der Waals surface area (Å²) in [5, 5.41) is 11.8. The Morgan fingerprint density at radius 2 is 2.08 bits per heavy atom. The number of urea groups is 1. The van der Waals surface area contributed by atoms with Crippen molar-refractivity contribution < 1.29 is 23.1 Å². The third kappa shape index (κ3) is 5.27. The van der Waals surface area contributed by atoms with Crippen LogP contribution in [0.15, 0.2) is 24.3 Å². The monoisotopic (exact) mass is 373 g/mol. The predicted octanol–water partition coefficient (Wildman–Crippen LogP) is 3.09. The van der Waals surface area contributed by atoms with Crippen LogP contribution in [0.1, 0.15) is 31.7 Å². The molecule has 2 rings (SSSR count). The summed E-state index contributed by atoms with van der Waals surface area (Å²) in [6, 6.07) is 5.05.